The number of sulfone groups is 1. The van der Waals surface area contributed by atoms with Crippen molar-refractivity contribution in [1.29, 1.82) is 0 Å². The van der Waals surface area contributed by atoms with E-state index in [2.05, 4.69) is 5.32 Å². The van der Waals surface area contributed by atoms with E-state index in [-0.39, 0.29) is 16.2 Å². The molecule has 2 rings (SSSR count). The average Bonchev–Trinajstić information content (AvgIpc) is 2.70. The Morgan fingerprint density at radius 2 is 1.64 bits per heavy atom. The molecule has 0 bridgehead atoms. The maximum absolute atomic E-state index is 12.5. The first-order chi connectivity index (χ1) is 13.4. The van der Waals surface area contributed by atoms with Gasteiger partial charge in [0.1, 0.15) is 0 Å². The van der Waals surface area contributed by atoms with Crippen LogP contribution in [0.25, 0.3) is 0 Å². The monoisotopic (exact) mass is 405 g/mol. The molecule has 0 fully saturated rings. The molecule has 0 saturated heterocycles. The maximum Gasteiger partial charge on any atom is 0.252 e. The average molecular weight is 406 g/mol. The lowest BCUT2D eigenvalue weighted by atomic mass is 10.1. The standard InChI is InChI=1S/C21H27NO5S/c1-4-26-18-12-11-16(15-19(18)27-5-2)13-14-22-21(23)17-9-7-8-10-20(17)28(24,25)6-3/h7-12,15H,4-6,13-14H2,1-3H3,(H,22,23). The van der Waals surface area contributed by atoms with E-state index in [0.29, 0.717) is 37.7 Å². The van der Waals surface area contributed by atoms with Crippen LogP contribution in [0.4, 0.5) is 0 Å². The van der Waals surface area contributed by atoms with Crippen molar-refractivity contribution in [2.75, 3.05) is 25.5 Å². The molecule has 0 heterocycles. The minimum absolute atomic E-state index is 0.0519. The van der Waals surface area contributed by atoms with Gasteiger partial charge in [-0.1, -0.05) is 25.1 Å². The minimum Gasteiger partial charge on any atom is -0.490 e. The van der Waals surface area contributed by atoms with Crippen molar-refractivity contribution in [3.05, 3.63) is 53.6 Å². The molecule has 7 heteroatoms. The van der Waals surface area contributed by atoms with E-state index in [4.69, 9.17) is 9.47 Å². The second-order valence-corrected chi connectivity index (χ2v) is 8.30. The van der Waals surface area contributed by atoms with Crippen molar-refractivity contribution in [2.45, 2.75) is 32.1 Å². The van der Waals surface area contributed by atoms with Crippen LogP contribution < -0.4 is 14.8 Å². The Kier molecular flexibility index (Phi) is 7.87. The lowest BCUT2D eigenvalue weighted by molar-refractivity contribution is 0.0951. The number of carbonyl (C=O) groups is 1. The third kappa shape index (κ3) is 5.48. The predicted molar refractivity (Wildman–Crippen MR) is 109 cm³/mol. The lowest BCUT2D eigenvalue weighted by Gasteiger charge is -2.13. The Balaban J connectivity index is 2.06. The predicted octanol–water partition coefficient (Wildman–Crippen LogP) is 3.25. The molecule has 0 aliphatic rings. The minimum atomic E-state index is -3.46. The third-order valence-corrected chi connectivity index (χ3v) is 5.94. The summed E-state index contributed by atoms with van der Waals surface area (Å²) in [5, 5.41) is 2.80. The highest BCUT2D eigenvalue weighted by atomic mass is 32.2. The van der Waals surface area contributed by atoms with Gasteiger partial charge < -0.3 is 14.8 Å². The van der Waals surface area contributed by atoms with Gasteiger partial charge in [0.15, 0.2) is 21.3 Å². The quantitative estimate of drug-likeness (QED) is 0.656. The Labute approximate surface area is 166 Å². The van der Waals surface area contributed by atoms with Crippen molar-refractivity contribution in [3.8, 4) is 11.5 Å². The summed E-state index contributed by atoms with van der Waals surface area (Å²) in [6, 6.07) is 12.0. The van der Waals surface area contributed by atoms with E-state index in [9.17, 15) is 13.2 Å². The summed E-state index contributed by atoms with van der Waals surface area (Å²) in [7, 11) is -3.46. The van der Waals surface area contributed by atoms with Gasteiger partial charge in [0.05, 0.1) is 29.4 Å². The summed E-state index contributed by atoms with van der Waals surface area (Å²) < 4.78 is 35.6. The lowest BCUT2D eigenvalue weighted by Crippen LogP contribution is -2.27. The molecule has 6 nitrogen and oxygen atoms in total. The van der Waals surface area contributed by atoms with E-state index in [0.717, 1.165) is 5.56 Å². The fraction of sp³-hybridized carbons (Fsp3) is 0.381. The van der Waals surface area contributed by atoms with Crippen LogP contribution in [-0.4, -0.2) is 39.8 Å². The molecule has 2 aromatic carbocycles. The van der Waals surface area contributed by atoms with E-state index in [1.807, 2.05) is 32.0 Å². The summed E-state index contributed by atoms with van der Waals surface area (Å²) in [5.41, 5.74) is 1.16. The number of benzene rings is 2. The Morgan fingerprint density at radius 1 is 0.964 bits per heavy atom. The van der Waals surface area contributed by atoms with Crippen LogP contribution in [-0.2, 0) is 16.3 Å². The SMILES string of the molecule is CCOc1ccc(CCNC(=O)c2ccccc2S(=O)(=O)CC)cc1OCC. The van der Waals surface area contributed by atoms with Crippen LogP contribution >= 0.6 is 0 Å². The zero-order valence-corrected chi connectivity index (χ0v) is 17.3. The van der Waals surface area contributed by atoms with E-state index in [1.165, 1.54) is 12.1 Å². The normalized spacial score (nSPS) is 11.1. The van der Waals surface area contributed by atoms with E-state index < -0.39 is 15.7 Å². The molecule has 0 aliphatic carbocycles. The number of hydrogen-bond acceptors (Lipinski definition) is 5. The van der Waals surface area contributed by atoms with Crippen molar-refractivity contribution in [1.82, 2.24) is 5.32 Å². The highest BCUT2D eigenvalue weighted by Crippen LogP contribution is 2.28. The zero-order valence-electron chi connectivity index (χ0n) is 16.5. The van der Waals surface area contributed by atoms with Gasteiger partial charge in [-0.3, -0.25) is 4.79 Å². The van der Waals surface area contributed by atoms with Gasteiger partial charge in [-0.2, -0.15) is 0 Å². The smallest absolute Gasteiger partial charge is 0.252 e. The number of ether oxygens (including phenoxy) is 2. The van der Waals surface area contributed by atoms with Crippen LogP contribution in [0.5, 0.6) is 11.5 Å². The van der Waals surface area contributed by atoms with Gasteiger partial charge in [-0.05, 0) is 50.1 Å². The number of nitrogens with one attached hydrogen (secondary N) is 1. The fourth-order valence-electron chi connectivity index (χ4n) is 2.75. The molecule has 2 aromatic rings. The Hall–Kier alpha value is -2.54. The second-order valence-electron chi connectivity index (χ2n) is 6.05. The van der Waals surface area contributed by atoms with Crippen LogP contribution in [0.3, 0.4) is 0 Å². The summed E-state index contributed by atoms with van der Waals surface area (Å²) >= 11 is 0. The second kappa shape index (κ2) is 10.1. The molecule has 0 atom stereocenters. The molecule has 0 unspecified atom stereocenters. The molecule has 0 spiro atoms. The third-order valence-electron chi connectivity index (χ3n) is 4.15. The fourth-order valence-corrected chi connectivity index (χ4v) is 3.84. The van der Waals surface area contributed by atoms with Gasteiger partial charge in [-0.25, -0.2) is 8.42 Å². The van der Waals surface area contributed by atoms with E-state index >= 15 is 0 Å². The van der Waals surface area contributed by atoms with Crippen LogP contribution in [0.2, 0.25) is 0 Å². The molecule has 0 aliphatic heterocycles. The first-order valence-corrected chi connectivity index (χ1v) is 11.1. The summed E-state index contributed by atoms with van der Waals surface area (Å²) in [6.07, 6.45) is 0.584. The first kappa shape index (κ1) is 21.8. The van der Waals surface area contributed by atoms with Crippen LogP contribution in [0.15, 0.2) is 47.4 Å². The molecule has 0 aromatic heterocycles. The van der Waals surface area contributed by atoms with Crippen molar-refractivity contribution >= 4 is 15.7 Å². The number of rotatable bonds is 10. The topological polar surface area (TPSA) is 81.7 Å². The van der Waals surface area contributed by atoms with Gasteiger partial charge >= 0.3 is 0 Å². The highest BCUT2D eigenvalue weighted by Gasteiger charge is 2.20. The molecule has 0 radical (unpaired) electrons. The number of carbonyl (C=O) groups excluding carboxylic acids is 1. The maximum atomic E-state index is 12.5. The largest absolute Gasteiger partial charge is 0.490 e. The molecule has 28 heavy (non-hydrogen) atoms. The molecule has 152 valence electrons. The van der Waals surface area contributed by atoms with Crippen molar-refractivity contribution in [3.63, 3.8) is 0 Å². The zero-order chi connectivity index (χ0) is 20.6. The van der Waals surface area contributed by atoms with Gasteiger partial charge in [0.25, 0.3) is 5.91 Å². The first-order valence-electron chi connectivity index (χ1n) is 9.41. The molecular weight excluding hydrogens is 378 g/mol. The summed E-state index contributed by atoms with van der Waals surface area (Å²) in [6.45, 7) is 6.84. The van der Waals surface area contributed by atoms with Gasteiger partial charge in [0, 0.05) is 6.54 Å². The Bertz CT molecular complexity index is 909. The van der Waals surface area contributed by atoms with Crippen LogP contribution in [0, 0.1) is 0 Å². The van der Waals surface area contributed by atoms with Gasteiger partial charge in [0.2, 0.25) is 0 Å². The van der Waals surface area contributed by atoms with Crippen LogP contribution in [0.1, 0.15) is 36.7 Å². The summed E-state index contributed by atoms with van der Waals surface area (Å²) in [4.78, 5) is 12.6. The van der Waals surface area contributed by atoms with E-state index in [1.54, 1.807) is 19.1 Å². The summed E-state index contributed by atoms with van der Waals surface area (Å²) in [5.74, 6) is 0.913. The molecule has 1 amide bonds. The van der Waals surface area contributed by atoms with Gasteiger partial charge in [-0.15, -0.1) is 0 Å². The Morgan fingerprint density at radius 3 is 2.32 bits per heavy atom. The number of hydrogen-bond donors (Lipinski definition) is 1. The molecular formula is C21H27NO5S. The number of amides is 1. The highest BCUT2D eigenvalue weighted by molar-refractivity contribution is 7.91. The molecule has 0 saturated carbocycles. The molecule has 1 N–H and O–H groups in total. The van der Waals surface area contributed by atoms with Crippen molar-refractivity contribution < 1.29 is 22.7 Å². The van der Waals surface area contributed by atoms with Crippen molar-refractivity contribution in [2.24, 2.45) is 0 Å².